The predicted molar refractivity (Wildman–Crippen MR) is 321 cm³/mol. The summed E-state index contributed by atoms with van der Waals surface area (Å²) in [7, 11) is 0. The Morgan fingerprint density at radius 3 is 1.54 bits per heavy atom. The molecule has 5 fully saturated rings. The highest BCUT2D eigenvalue weighted by molar-refractivity contribution is 7.18. The van der Waals surface area contributed by atoms with Gasteiger partial charge < -0.3 is 29.8 Å². The van der Waals surface area contributed by atoms with E-state index in [-0.39, 0.29) is 65.1 Å². The van der Waals surface area contributed by atoms with Crippen LogP contribution in [0.3, 0.4) is 0 Å². The third-order valence-electron chi connectivity index (χ3n) is 17.3. The number of benzene rings is 2. The number of thiazole rings is 2. The normalized spacial score (nSPS) is 23.2. The fourth-order valence-corrected chi connectivity index (χ4v) is 15.0. The summed E-state index contributed by atoms with van der Waals surface area (Å²) in [6.45, 7) is 20.0. The molecule has 6 atom stereocenters. The van der Waals surface area contributed by atoms with E-state index in [1.807, 2.05) is 41.3 Å². The van der Waals surface area contributed by atoms with Gasteiger partial charge in [-0.25, -0.2) is 28.3 Å². The van der Waals surface area contributed by atoms with Gasteiger partial charge >= 0.3 is 12.1 Å². The Morgan fingerprint density at radius 2 is 1.08 bits per heavy atom. The minimum absolute atomic E-state index is 0.0127. The Kier molecular flexibility index (Phi) is 21.7. The summed E-state index contributed by atoms with van der Waals surface area (Å²) >= 11 is 2.42. The van der Waals surface area contributed by atoms with Gasteiger partial charge in [0.05, 0.1) is 34.0 Å². The minimum Gasteiger partial charge on any atom is -0.468 e. The molecule has 5 aromatic rings. The van der Waals surface area contributed by atoms with Crippen LogP contribution in [0.4, 0.5) is 28.6 Å². The van der Waals surface area contributed by atoms with Gasteiger partial charge in [0.1, 0.15) is 17.4 Å². The molecule has 0 radical (unpaired) electrons. The highest BCUT2D eigenvalue weighted by Gasteiger charge is 2.38. The van der Waals surface area contributed by atoms with Crippen molar-refractivity contribution in [2.45, 2.75) is 123 Å². The smallest absolute Gasteiger partial charge is 0.321 e. The van der Waals surface area contributed by atoms with Crippen LogP contribution < -0.4 is 21.3 Å². The fraction of sp³-hybridized carbons (Fsp3) is 0.565. The summed E-state index contributed by atoms with van der Waals surface area (Å²) in [5.41, 5.74) is 3.62. The molecule has 0 bridgehead atoms. The van der Waals surface area contributed by atoms with Crippen molar-refractivity contribution >= 4 is 62.5 Å². The predicted octanol–water partition coefficient (Wildman–Crippen LogP) is 9.92. The van der Waals surface area contributed by atoms with Crippen LogP contribution in [0.5, 0.6) is 0 Å². The zero-order valence-electron chi connectivity index (χ0n) is 48.8. The number of hydrogen-bond acceptors (Lipinski definition) is 14. The SMILES string of the molecule is CC(=O)c1sc(NC(=O)N[C@@H]2CCN(C3CCN(C(C)=O)CC3)C[C@H]2CN2CCC[C@@H](Cc3ccc(F)cc3)C2)nc1C.CC(=O)c1sc(NC(=O)N[C@@H]2CCN(Cc3ccco3)C[C@H]2CN2CCC[C@@H](Cc3ccc(F)cc3)C2)nc1C. The molecule has 5 amide bonds. The van der Waals surface area contributed by atoms with E-state index in [2.05, 4.69) is 50.8 Å². The number of nitrogens with zero attached hydrogens (tertiary/aromatic N) is 7. The summed E-state index contributed by atoms with van der Waals surface area (Å²) in [5.74, 6) is 2.14. The van der Waals surface area contributed by atoms with Crippen molar-refractivity contribution in [3.05, 3.63) is 117 Å². The van der Waals surface area contributed by atoms with Crippen LogP contribution in [0, 0.1) is 49.2 Å². The first-order chi connectivity index (χ1) is 40.0. The molecule has 17 nitrogen and oxygen atoms in total. The number of halogens is 2. The third-order valence-corrected chi connectivity index (χ3v) is 19.7. The Hall–Kier alpha value is -5.97. The summed E-state index contributed by atoms with van der Waals surface area (Å²) in [6, 6.07) is 17.6. The molecule has 5 aliphatic rings. The quantitative estimate of drug-likeness (QED) is 0.0647. The maximum Gasteiger partial charge on any atom is 0.321 e. The fourth-order valence-electron chi connectivity index (χ4n) is 13.3. The van der Waals surface area contributed by atoms with Gasteiger partial charge in [0.25, 0.3) is 0 Å². The number of aryl methyl sites for hydroxylation is 2. The molecule has 21 heteroatoms. The lowest BCUT2D eigenvalue weighted by atomic mass is 9.87. The standard InChI is InChI=1S/C32H45FN6O3S.C30H38FN5O3S/c1-21-30(22(2)40)43-32(34-21)36-31(42)35-29-12-16-39(28-10-14-38(15-11-28)23(3)41)20-26(29)19-37-13-4-5-25(18-37)17-24-6-8-27(33)9-7-24;1-20-28(21(2)37)40-30(32-20)34-29(38)33-27-11-13-36(19-26-6-4-14-39-26)18-24(27)17-35-12-3-5-23(16-35)15-22-7-9-25(31)10-8-22/h6-9,25-26,28-29H,4-5,10-20H2,1-3H3,(H2,34,35,36,42);4,6-10,14,23-24,27H,3,5,11-13,15-19H2,1-2H3,(H2,32,33,34,38)/t25-,26+,29+;23-,24+,27+/m00/s1. The highest BCUT2D eigenvalue weighted by Crippen LogP contribution is 2.31. The number of anilines is 2. The van der Waals surface area contributed by atoms with Crippen LogP contribution in [-0.2, 0) is 24.2 Å². The van der Waals surface area contributed by atoms with E-state index in [4.69, 9.17) is 4.42 Å². The van der Waals surface area contributed by atoms with Gasteiger partial charge in [0.2, 0.25) is 5.91 Å². The van der Waals surface area contributed by atoms with Crippen molar-refractivity contribution in [2.24, 2.45) is 23.7 Å². The van der Waals surface area contributed by atoms with Gasteiger partial charge in [-0.15, -0.1) is 0 Å². The van der Waals surface area contributed by atoms with Crippen molar-refractivity contribution < 1.29 is 37.2 Å². The topological polar surface area (TPSA) is 189 Å². The van der Waals surface area contributed by atoms with Crippen LogP contribution >= 0.6 is 22.7 Å². The van der Waals surface area contributed by atoms with Crippen molar-refractivity contribution in [1.82, 2.24) is 45.1 Å². The lowest BCUT2D eigenvalue weighted by molar-refractivity contribution is -0.130. The van der Waals surface area contributed by atoms with Crippen LogP contribution in [0.2, 0.25) is 0 Å². The molecule has 3 aromatic heterocycles. The first-order valence-electron chi connectivity index (χ1n) is 29.8. The molecule has 83 heavy (non-hydrogen) atoms. The van der Waals surface area contributed by atoms with E-state index < -0.39 is 0 Å². The highest BCUT2D eigenvalue weighted by atomic mass is 32.1. The van der Waals surface area contributed by atoms with Crippen molar-refractivity contribution in [2.75, 3.05) is 89.2 Å². The van der Waals surface area contributed by atoms with E-state index in [9.17, 15) is 32.8 Å². The number of carbonyl (C=O) groups is 5. The van der Waals surface area contributed by atoms with Crippen LogP contribution in [0.1, 0.15) is 120 Å². The molecule has 5 aliphatic heterocycles. The van der Waals surface area contributed by atoms with Crippen molar-refractivity contribution in [3.63, 3.8) is 0 Å². The minimum atomic E-state index is -0.286. The monoisotopic (exact) mass is 1180 g/mol. The lowest BCUT2D eigenvalue weighted by Gasteiger charge is -2.46. The third kappa shape index (κ3) is 17.8. The second-order valence-electron chi connectivity index (χ2n) is 23.7. The van der Waals surface area contributed by atoms with Gasteiger partial charge in [-0.1, -0.05) is 46.9 Å². The second kappa shape index (κ2) is 29.2. The summed E-state index contributed by atoms with van der Waals surface area (Å²) in [4.78, 5) is 83.6. The molecule has 0 unspecified atom stereocenters. The molecule has 0 aliphatic carbocycles. The number of likely N-dealkylation sites (tertiary alicyclic amines) is 5. The number of hydrogen-bond donors (Lipinski definition) is 4. The van der Waals surface area contributed by atoms with E-state index >= 15 is 0 Å². The number of urea groups is 2. The Bertz CT molecular complexity index is 2950. The molecular weight excluding hydrogens is 1100 g/mol. The molecular formula is C62H83F2N11O6S2. The first-order valence-corrected chi connectivity index (χ1v) is 31.4. The Labute approximate surface area is 495 Å². The van der Waals surface area contributed by atoms with Crippen LogP contribution in [-0.4, -0.2) is 161 Å². The molecule has 0 saturated carbocycles. The van der Waals surface area contributed by atoms with Crippen LogP contribution in [0.15, 0.2) is 71.3 Å². The number of Topliss-reactive ketones (excluding diaryl/α,β-unsaturated/α-hetero) is 2. The lowest BCUT2D eigenvalue weighted by Crippen LogP contribution is -2.58. The molecule has 8 heterocycles. The van der Waals surface area contributed by atoms with Crippen LogP contribution in [0.25, 0.3) is 0 Å². The van der Waals surface area contributed by atoms with E-state index in [1.165, 1.54) is 60.5 Å². The number of ketones is 2. The maximum absolute atomic E-state index is 13.4. The average molecular weight is 1180 g/mol. The first kappa shape index (κ1) is 61.6. The molecule has 0 spiro atoms. The molecule has 10 rings (SSSR count). The zero-order valence-corrected chi connectivity index (χ0v) is 50.4. The number of rotatable bonds is 17. The van der Waals surface area contributed by atoms with Gasteiger partial charge in [0, 0.05) is 116 Å². The number of aromatic nitrogens is 2. The van der Waals surface area contributed by atoms with Gasteiger partial charge in [0.15, 0.2) is 21.8 Å². The molecule has 4 N–H and O–H groups in total. The molecule has 5 saturated heterocycles. The summed E-state index contributed by atoms with van der Waals surface area (Å²) < 4.78 is 32.4. The van der Waals surface area contributed by atoms with Gasteiger partial charge in [-0.05, 0) is 151 Å². The maximum atomic E-state index is 13.4. The number of amides is 5. The van der Waals surface area contributed by atoms with Crippen molar-refractivity contribution in [3.8, 4) is 0 Å². The van der Waals surface area contributed by atoms with Crippen molar-refractivity contribution in [1.29, 1.82) is 0 Å². The summed E-state index contributed by atoms with van der Waals surface area (Å²) in [6.07, 6.45) is 11.9. The van der Waals surface area contributed by atoms with E-state index in [1.54, 1.807) is 51.3 Å². The zero-order chi connectivity index (χ0) is 58.6. The number of piperidine rings is 5. The Balaban J connectivity index is 0.000000200. The average Bonchev–Trinajstić information content (AvgIpc) is 4.32. The van der Waals surface area contributed by atoms with Gasteiger partial charge in [-0.2, -0.15) is 0 Å². The summed E-state index contributed by atoms with van der Waals surface area (Å²) in [5, 5.41) is 13.1. The molecule has 2 aromatic carbocycles. The van der Waals surface area contributed by atoms with Gasteiger partial charge in [-0.3, -0.25) is 34.8 Å². The molecule has 448 valence electrons. The van der Waals surface area contributed by atoms with E-state index in [0.717, 1.165) is 142 Å². The largest absolute Gasteiger partial charge is 0.468 e. The Morgan fingerprint density at radius 1 is 0.590 bits per heavy atom. The number of furan rings is 1. The number of nitrogens with one attached hydrogen (secondary N) is 4. The second-order valence-corrected chi connectivity index (χ2v) is 25.7. The van der Waals surface area contributed by atoms with E-state index in [0.29, 0.717) is 49.3 Å². The number of carbonyl (C=O) groups excluding carboxylic acids is 5.